The highest BCUT2D eigenvalue weighted by Gasteiger charge is 2.33. The van der Waals surface area contributed by atoms with Crippen LogP contribution >= 0.6 is 23.2 Å². The van der Waals surface area contributed by atoms with Crippen LogP contribution in [0.2, 0.25) is 10.0 Å². The fourth-order valence-corrected chi connectivity index (χ4v) is 4.07. The number of amides is 1. The molecule has 0 spiro atoms. The molecule has 1 aromatic carbocycles. The van der Waals surface area contributed by atoms with Crippen molar-refractivity contribution in [1.82, 2.24) is 8.61 Å². The molecule has 0 bridgehead atoms. The second kappa shape index (κ2) is 7.36. The Labute approximate surface area is 146 Å². The maximum atomic E-state index is 12.4. The van der Waals surface area contributed by atoms with Crippen LogP contribution in [0, 0.1) is 5.92 Å². The minimum Gasteiger partial charge on any atom is -0.324 e. The lowest BCUT2D eigenvalue weighted by Gasteiger charge is -2.32. The van der Waals surface area contributed by atoms with Crippen molar-refractivity contribution >= 4 is 45.0 Å². The van der Waals surface area contributed by atoms with E-state index in [4.69, 9.17) is 23.2 Å². The van der Waals surface area contributed by atoms with E-state index in [2.05, 4.69) is 5.32 Å². The van der Waals surface area contributed by atoms with Gasteiger partial charge in [0.25, 0.3) is 10.2 Å². The fraction of sp³-hybridized carbons (Fsp3) is 0.500. The van der Waals surface area contributed by atoms with Crippen LogP contribution in [0.1, 0.15) is 12.8 Å². The molecule has 1 aromatic rings. The first-order chi connectivity index (χ1) is 10.7. The summed E-state index contributed by atoms with van der Waals surface area (Å²) in [7, 11) is -0.553. The van der Waals surface area contributed by atoms with Gasteiger partial charge in [-0.3, -0.25) is 4.79 Å². The molecule has 1 heterocycles. The van der Waals surface area contributed by atoms with Gasteiger partial charge >= 0.3 is 0 Å². The van der Waals surface area contributed by atoms with Crippen molar-refractivity contribution in [1.29, 1.82) is 0 Å². The Hall–Kier alpha value is -0.860. The van der Waals surface area contributed by atoms with Crippen LogP contribution in [0.5, 0.6) is 0 Å². The van der Waals surface area contributed by atoms with Crippen molar-refractivity contribution in [3.05, 3.63) is 28.2 Å². The number of piperidine rings is 1. The van der Waals surface area contributed by atoms with E-state index in [0.29, 0.717) is 35.1 Å². The Morgan fingerprint density at radius 2 is 2.04 bits per heavy atom. The molecule has 0 radical (unpaired) electrons. The molecule has 0 unspecified atom stereocenters. The van der Waals surface area contributed by atoms with Crippen LogP contribution in [0.4, 0.5) is 5.69 Å². The molecule has 0 aromatic heterocycles. The van der Waals surface area contributed by atoms with E-state index >= 15 is 0 Å². The summed E-state index contributed by atoms with van der Waals surface area (Å²) in [6.45, 7) is 0.587. The lowest BCUT2D eigenvalue weighted by atomic mass is 9.99. The molecule has 1 saturated heterocycles. The molecule has 6 nitrogen and oxygen atoms in total. The van der Waals surface area contributed by atoms with Crippen molar-refractivity contribution in [3.8, 4) is 0 Å². The van der Waals surface area contributed by atoms with Gasteiger partial charge in [0.1, 0.15) is 0 Å². The number of hydrogen-bond donors (Lipinski definition) is 1. The van der Waals surface area contributed by atoms with Crippen molar-refractivity contribution in [2.24, 2.45) is 5.92 Å². The van der Waals surface area contributed by atoms with Gasteiger partial charge < -0.3 is 5.32 Å². The molecule has 23 heavy (non-hydrogen) atoms. The number of nitrogens with one attached hydrogen (secondary N) is 1. The highest BCUT2D eigenvalue weighted by molar-refractivity contribution is 7.86. The number of nitrogens with zero attached hydrogens (tertiary/aromatic N) is 2. The van der Waals surface area contributed by atoms with Gasteiger partial charge in [-0.15, -0.1) is 0 Å². The van der Waals surface area contributed by atoms with Crippen LogP contribution < -0.4 is 5.32 Å². The van der Waals surface area contributed by atoms with E-state index in [0.717, 1.165) is 4.31 Å². The molecular weight excluding hydrogens is 361 g/mol. The molecule has 1 atom stereocenters. The van der Waals surface area contributed by atoms with Crippen LogP contribution in [0.3, 0.4) is 0 Å². The Balaban J connectivity index is 2.08. The zero-order valence-electron chi connectivity index (χ0n) is 12.9. The summed E-state index contributed by atoms with van der Waals surface area (Å²) in [5.74, 6) is -0.655. The smallest absolute Gasteiger partial charge is 0.281 e. The Morgan fingerprint density at radius 3 is 2.65 bits per heavy atom. The highest BCUT2D eigenvalue weighted by atomic mass is 35.5. The van der Waals surface area contributed by atoms with Crippen molar-refractivity contribution < 1.29 is 13.2 Å². The zero-order valence-corrected chi connectivity index (χ0v) is 15.2. The Kier molecular flexibility index (Phi) is 5.91. The highest BCUT2D eigenvalue weighted by Crippen LogP contribution is 2.27. The molecule has 1 fully saturated rings. The average molecular weight is 380 g/mol. The normalized spacial score (nSPS) is 19.8. The molecule has 1 amide bonds. The monoisotopic (exact) mass is 379 g/mol. The van der Waals surface area contributed by atoms with Crippen LogP contribution in [-0.4, -0.2) is 50.1 Å². The molecule has 1 aliphatic heterocycles. The van der Waals surface area contributed by atoms with Gasteiger partial charge in [0.2, 0.25) is 5.91 Å². The largest absolute Gasteiger partial charge is 0.324 e. The first-order valence-corrected chi connectivity index (χ1v) is 9.30. The number of anilines is 1. The average Bonchev–Trinajstić information content (AvgIpc) is 2.50. The Bertz CT molecular complexity index is 695. The van der Waals surface area contributed by atoms with E-state index < -0.39 is 16.1 Å². The van der Waals surface area contributed by atoms with Gasteiger partial charge in [0.05, 0.1) is 16.6 Å². The summed E-state index contributed by atoms with van der Waals surface area (Å²) in [5, 5.41) is 3.57. The number of halogens is 2. The number of benzene rings is 1. The van der Waals surface area contributed by atoms with Crippen LogP contribution in [0.15, 0.2) is 18.2 Å². The Morgan fingerprint density at radius 1 is 1.35 bits per heavy atom. The molecule has 1 N–H and O–H groups in total. The van der Waals surface area contributed by atoms with Crippen molar-refractivity contribution in [3.63, 3.8) is 0 Å². The van der Waals surface area contributed by atoms with Gasteiger partial charge in [0.15, 0.2) is 0 Å². The molecule has 9 heteroatoms. The SMILES string of the molecule is CN(C)S(=O)(=O)N1CCC[C@@H](C(=O)Nc2ccc(Cl)cc2Cl)C1. The van der Waals surface area contributed by atoms with Gasteiger partial charge in [-0.25, -0.2) is 0 Å². The summed E-state index contributed by atoms with van der Waals surface area (Å²) < 4.78 is 26.9. The van der Waals surface area contributed by atoms with Crippen LogP contribution in [-0.2, 0) is 15.0 Å². The fourth-order valence-electron chi connectivity index (χ4n) is 2.42. The molecule has 1 aliphatic rings. The lowest BCUT2D eigenvalue weighted by Crippen LogP contribution is -2.47. The minimum absolute atomic E-state index is 0.164. The molecule has 2 rings (SSSR count). The van der Waals surface area contributed by atoms with E-state index in [1.54, 1.807) is 18.2 Å². The summed E-state index contributed by atoms with van der Waals surface area (Å²) >= 11 is 11.9. The second-order valence-electron chi connectivity index (χ2n) is 5.60. The topological polar surface area (TPSA) is 69.7 Å². The first kappa shape index (κ1) is 18.5. The molecule has 0 saturated carbocycles. The van der Waals surface area contributed by atoms with E-state index in [-0.39, 0.29) is 12.5 Å². The van der Waals surface area contributed by atoms with Gasteiger partial charge in [-0.1, -0.05) is 23.2 Å². The number of rotatable bonds is 4. The lowest BCUT2D eigenvalue weighted by molar-refractivity contribution is -0.120. The van der Waals surface area contributed by atoms with E-state index in [1.165, 1.54) is 18.4 Å². The van der Waals surface area contributed by atoms with Crippen molar-refractivity contribution in [2.75, 3.05) is 32.5 Å². The summed E-state index contributed by atoms with van der Waals surface area (Å²) in [6.07, 6.45) is 1.27. The van der Waals surface area contributed by atoms with Crippen molar-refractivity contribution in [2.45, 2.75) is 12.8 Å². The quantitative estimate of drug-likeness (QED) is 0.873. The number of carbonyl (C=O) groups excluding carboxylic acids is 1. The summed E-state index contributed by atoms with van der Waals surface area (Å²) in [4.78, 5) is 12.4. The third-order valence-electron chi connectivity index (χ3n) is 3.73. The van der Waals surface area contributed by atoms with Gasteiger partial charge in [-0.05, 0) is 31.0 Å². The predicted molar refractivity (Wildman–Crippen MR) is 92.0 cm³/mol. The molecule has 128 valence electrons. The van der Waals surface area contributed by atoms with Gasteiger partial charge in [-0.2, -0.15) is 17.0 Å². The maximum Gasteiger partial charge on any atom is 0.281 e. The van der Waals surface area contributed by atoms with Crippen LogP contribution in [0.25, 0.3) is 0 Å². The second-order valence-corrected chi connectivity index (χ2v) is 8.59. The summed E-state index contributed by atoms with van der Waals surface area (Å²) in [6, 6.07) is 4.80. The summed E-state index contributed by atoms with van der Waals surface area (Å²) in [5.41, 5.74) is 0.466. The molecule has 0 aliphatic carbocycles. The standard InChI is InChI=1S/C14H19Cl2N3O3S/c1-18(2)23(21,22)19-7-3-4-10(9-19)14(20)17-13-6-5-11(15)8-12(13)16/h5-6,8,10H,3-4,7,9H2,1-2H3,(H,17,20)/t10-/m1/s1. The number of hydrogen-bond acceptors (Lipinski definition) is 3. The molecular formula is C14H19Cl2N3O3S. The maximum absolute atomic E-state index is 12.4. The van der Waals surface area contributed by atoms with Gasteiger partial charge in [0, 0.05) is 32.2 Å². The zero-order chi connectivity index (χ0) is 17.2. The number of carbonyl (C=O) groups is 1. The third kappa shape index (κ3) is 4.36. The first-order valence-electron chi connectivity index (χ1n) is 7.15. The minimum atomic E-state index is -3.51. The third-order valence-corrected chi connectivity index (χ3v) is 6.19. The van der Waals surface area contributed by atoms with E-state index in [1.807, 2.05) is 0 Å². The predicted octanol–water partition coefficient (Wildman–Crippen LogP) is 2.45. The van der Waals surface area contributed by atoms with E-state index in [9.17, 15) is 13.2 Å².